The zero-order valence-corrected chi connectivity index (χ0v) is 13.2. The van der Waals surface area contributed by atoms with Gasteiger partial charge in [-0.05, 0) is 0 Å². The van der Waals surface area contributed by atoms with Crippen molar-refractivity contribution in [2.75, 3.05) is 6.66 Å². The van der Waals surface area contributed by atoms with Crippen LogP contribution in [0.3, 0.4) is 0 Å². The molecule has 0 heterocycles. The summed E-state index contributed by atoms with van der Waals surface area (Å²) in [5, 5.41) is -3.60. The van der Waals surface area contributed by atoms with Crippen molar-refractivity contribution in [3.63, 3.8) is 0 Å². The van der Waals surface area contributed by atoms with Gasteiger partial charge >= 0.3 is 104 Å². The fourth-order valence-corrected chi connectivity index (χ4v) is 6.69. The molecule has 0 aromatic carbocycles. The fraction of sp³-hybridized carbons (Fsp3) is 1.00. The SMILES string of the molecule is CCC(C)(N=P(C)(Cl)Cl)[PH](Cl)(Cl)Cl. The van der Waals surface area contributed by atoms with E-state index < -0.39 is 16.4 Å². The van der Waals surface area contributed by atoms with Gasteiger partial charge < -0.3 is 0 Å². The molecule has 0 aliphatic rings. The molecular formula is C5H12Cl5NP2. The Kier molecular flexibility index (Phi) is 5.77. The summed E-state index contributed by atoms with van der Waals surface area (Å²) in [6.07, 6.45) is 0.630. The van der Waals surface area contributed by atoms with Crippen LogP contribution < -0.4 is 0 Å². The Bertz CT molecular complexity index is 223. The van der Waals surface area contributed by atoms with Gasteiger partial charge in [0.2, 0.25) is 0 Å². The van der Waals surface area contributed by atoms with Gasteiger partial charge in [0.1, 0.15) is 0 Å². The Morgan fingerprint density at radius 1 is 1.31 bits per heavy atom. The number of hydrogen-bond donors (Lipinski definition) is 0. The van der Waals surface area contributed by atoms with E-state index in [0.29, 0.717) is 6.42 Å². The molecule has 0 aromatic rings. The van der Waals surface area contributed by atoms with Crippen molar-refractivity contribution >= 4 is 67.3 Å². The van der Waals surface area contributed by atoms with Crippen molar-refractivity contribution in [1.29, 1.82) is 0 Å². The summed E-state index contributed by atoms with van der Waals surface area (Å²) in [4.78, 5) is 0. The first-order chi connectivity index (χ1) is 5.52. The van der Waals surface area contributed by atoms with E-state index in [4.69, 9.17) is 56.2 Å². The molecule has 1 atom stereocenters. The summed E-state index contributed by atoms with van der Waals surface area (Å²) in [6.45, 7) is 5.35. The number of nitrogens with zero attached hydrogens (tertiary/aromatic N) is 1. The molecule has 0 radical (unpaired) electrons. The van der Waals surface area contributed by atoms with Crippen LogP contribution in [0.4, 0.5) is 0 Å². The molecule has 0 aliphatic carbocycles. The van der Waals surface area contributed by atoms with E-state index in [0.717, 1.165) is 0 Å². The van der Waals surface area contributed by atoms with E-state index in [2.05, 4.69) is 4.74 Å². The minimum absolute atomic E-state index is 0.630. The first-order valence-corrected chi connectivity index (χ1v) is 12.6. The average Bonchev–Trinajstić information content (AvgIpc) is 1.81. The molecule has 0 spiro atoms. The normalized spacial score (nSPS) is 19.4. The molecule has 13 heavy (non-hydrogen) atoms. The zero-order valence-electron chi connectivity index (χ0n) is 7.49. The number of rotatable bonds is 3. The summed E-state index contributed by atoms with van der Waals surface area (Å²) >= 11 is 29.5. The van der Waals surface area contributed by atoms with Crippen molar-refractivity contribution in [3.05, 3.63) is 0 Å². The maximum absolute atomic E-state index is 5.92. The van der Waals surface area contributed by atoms with Crippen LogP contribution in [0.25, 0.3) is 0 Å². The number of hydrogen-bond acceptors (Lipinski definition) is 1. The zero-order chi connectivity index (χ0) is 10.9. The van der Waals surface area contributed by atoms with Gasteiger partial charge in [-0.2, -0.15) is 0 Å². The second-order valence-electron chi connectivity index (χ2n) is 2.98. The summed E-state index contributed by atoms with van der Waals surface area (Å²) in [7, 11) is 0. The van der Waals surface area contributed by atoms with Crippen LogP contribution >= 0.6 is 67.3 Å². The Morgan fingerprint density at radius 2 is 1.69 bits per heavy atom. The Hall–Kier alpha value is 2.11. The molecule has 0 amide bonds. The van der Waals surface area contributed by atoms with E-state index in [9.17, 15) is 0 Å². The van der Waals surface area contributed by atoms with Crippen molar-refractivity contribution in [3.8, 4) is 0 Å². The van der Waals surface area contributed by atoms with Crippen LogP contribution in [-0.4, -0.2) is 11.9 Å². The molecule has 0 rings (SSSR count). The van der Waals surface area contributed by atoms with E-state index in [1.807, 2.05) is 6.92 Å². The Labute approximate surface area is 104 Å². The Morgan fingerprint density at radius 3 is 1.77 bits per heavy atom. The van der Waals surface area contributed by atoms with Gasteiger partial charge in [-0.25, -0.2) is 0 Å². The molecule has 1 unspecified atom stereocenters. The van der Waals surface area contributed by atoms with Crippen molar-refractivity contribution < 1.29 is 0 Å². The van der Waals surface area contributed by atoms with E-state index in [1.54, 1.807) is 13.6 Å². The van der Waals surface area contributed by atoms with Gasteiger partial charge in [0.05, 0.1) is 0 Å². The molecular weight excluding hydrogens is 313 g/mol. The van der Waals surface area contributed by atoms with E-state index in [1.165, 1.54) is 0 Å². The maximum atomic E-state index is 5.92. The monoisotopic (exact) mass is 323 g/mol. The predicted octanol–water partition coefficient (Wildman–Crippen LogP) is 6.46. The molecule has 0 bridgehead atoms. The molecule has 0 N–H and O–H groups in total. The fourth-order valence-electron chi connectivity index (χ4n) is 0.715. The summed E-state index contributed by atoms with van der Waals surface area (Å²) in [5.74, 6) is -2.30. The molecule has 0 saturated heterocycles. The minimum atomic E-state index is -2.91. The quantitative estimate of drug-likeness (QED) is 0.528. The summed E-state index contributed by atoms with van der Waals surface area (Å²) < 4.78 is 4.24. The van der Waals surface area contributed by atoms with Gasteiger partial charge in [-0.15, -0.1) is 0 Å². The van der Waals surface area contributed by atoms with Crippen LogP contribution in [0.5, 0.6) is 0 Å². The van der Waals surface area contributed by atoms with Crippen molar-refractivity contribution in [2.45, 2.75) is 25.5 Å². The summed E-state index contributed by atoms with van der Waals surface area (Å²) in [6, 6.07) is 0. The van der Waals surface area contributed by atoms with Crippen LogP contribution in [-0.2, 0) is 0 Å². The third kappa shape index (κ3) is 5.12. The van der Waals surface area contributed by atoms with E-state index in [-0.39, 0.29) is 0 Å². The summed E-state index contributed by atoms with van der Waals surface area (Å²) in [5.41, 5.74) is 0. The van der Waals surface area contributed by atoms with Crippen LogP contribution in [0.1, 0.15) is 20.3 Å². The standard InChI is InChI=1S/C5H12Cl5NP2/c1-4-5(2,13(8,9)10)11-12(3,6)7/h13H,4H2,1-3H3. The molecule has 82 valence electrons. The van der Waals surface area contributed by atoms with Crippen molar-refractivity contribution in [2.24, 2.45) is 4.74 Å². The first kappa shape index (κ1) is 15.1. The van der Waals surface area contributed by atoms with E-state index >= 15 is 0 Å². The van der Waals surface area contributed by atoms with Crippen LogP contribution in [0, 0.1) is 0 Å². The topological polar surface area (TPSA) is 12.4 Å². The van der Waals surface area contributed by atoms with Gasteiger partial charge in [-0.1, -0.05) is 0 Å². The number of halogens is 5. The molecule has 8 heteroatoms. The Balaban J connectivity index is 5.11. The van der Waals surface area contributed by atoms with Gasteiger partial charge in [0.25, 0.3) is 0 Å². The molecule has 0 aromatic heterocycles. The molecule has 0 fully saturated rings. The third-order valence-electron chi connectivity index (χ3n) is 1.70. The van der Waals surface area contributed by atoms with Gasteiger partial charge in [-0.3, -0.25) is 0 Å². The first-order valence-electron chi connectivity index (χ1n) is 3.59. The molecule has 1 nitrogen and oxygen atoms in total. The molecule has 0 saturated carbocycles. The second kappa shape index (κ2) is 4.96. The van der Waals surface area contributed by atoms with Crippen molar-refractivity contribution in [1.82, 2.24) is 0 Å². The second-order valence-corrected chi connectivity index (χ2v) is 18.1. The average molecular weight is 325 g/mol. The van der Waals surface area contributed by atoms with Crippen LogP contribution in [0.2, 0.25) is 0 Å². The molecule has 0 aliphatic heterocycles. The van der Waals surface area contributed by atoms with Crippen LogP contribution in [0.15, 0.2) is 4.74 Å². The predicted molar refractivity (Wildman–Crippen MR) is 71.5 cm³/mol. The van der Waals surface area contributed by atoms with Gasteiger partial charge in [0.15, 0.2) is 0 Å². The van der Waals surface area contributed by atoms with Gasteiger partial charge in [0, 0.05) is 0 Å². The third-order valence-corrected chi connectivity index (χ3v) is 8.48.